The first-order valence-electron chi connectivity index (χ1n) is 3.89. The van der Waals surface area contributed by atoms with Crippen LogP contribution in [0.15, 0.2) is 59.0 Å². The minimum atomic E-state index is 0.619. The van der Waals surface area contributed by atoms with Crippen LogP contribution in [0.3, 0.4) is 0 Å². The number of benzene rings is 1. The van der Waals surface area contributed by atoms with Crippen LogP contribution >= 0.6 is 11.8 Å². The third-order valence-corrected chi connectivity index (χ3v) is 2.52. The van der Waals surface area contributed by atoms with E-state index >= 15 is 0 Å². The van der Waals surface area contributed by atoms with Gasteiger partial charge in [-0.25, -0.2) is 0 Å². The lowest BCUT2D eigenvalue weighted by atomic mass is 10.4. The lowest BCUT2D eigenvalue weighted by molar-refractivity contribution is 0.307. The highest BCUT2D eigenvalue weighted by Crippen LogP contribution is 2.29. The Labute approximate surface area is 83.1 Å². The van der Waals surface area contributed by atoms with Gasteiger partial charge in [-0.1, -0.05) is 43.1 Å². The summed E-state index contributed by atoms with van der Waals surface area (Å²) in [5.74, 6) is 0.619. The number of thioether (sulfide) groups is 1. The molecule has 0 radical (unpaired) electrons. The molecule has 0 bridgehead atoms. The number of methoxy groups -OCH3 is 1. The van der Waals surface area contributed by atoms with Gasteiger partial charge in [0, 0.05) is 9.80 Å². The molecule has 0 saturated heterocycles. The zero-order valence-corrected chi connectivity index (χ0v) is 8.43. The van der Waals surface area contributed by atoms with Crippen molar-refractivity contribution in [3.63, 3.8) is 0 Å². The molecule has 0 aliphatic rings. The second-order valence-electron chi connectivity index (χ2n) is 2.47. The molecule has 0 aliphatic heterocycles. The normalized spacial score (nSPS) is 9.31. The Bertz CT molecular complexity index is 303. The van der Waals surface area contributed by atoms with Gasteiger partial charge in [-0.05, 0) is 12.1 Å². The summed E-state index contributed by atoms with van der Waals surface area (Å²) in [4.78, 5) is 1.99. The van der Waals surface area contributed by atoms with Crippen LogP contribution in [0, 0.1) is 0 Å². The molecule has 0 saturated carbocycles. The predicted molar refractivity (Wildman–Crippen MR) is 57.6 cm³/mol. The Morgan fingerprint density at radius 3 is 2.38 bits per heavy atom. The molecule has 0 fully saturated rings. The Morgan fingerprint density at radius 2 is 1.85 bits per heavy atom. The van der Waals surface area contributed by atoms with Crippen molar-refractivity contribution in [2.75, 3.05) is 7.11 Å². The molecule has 0 heterocycles. The van der Waals surface area contributed by atoms with E-state index in [1.807, 2.05) is 30.3 Å². The molecular weight excluding hydrogens is 180 g/mol. The van der Waals surface area contributed by atoms with E-state index in [4.69, 9.17) is 4.74 Å². The number of rotatable bonds is 4. The molecule has 0 N–H and O–H groups in total. The summed E-state index contributed by atoms with van der Waals surface area (Å²) in [6.45, 7) is 7.59. The van der Waals surface area contributed by atoms with Gasteiger partial charge in [-0.3, -0.25) is 0 Å². The van der Waals surface area contributed by atoms with E-state index in [1.54, 1.807) is 18.9 Å². The van der Waals surface area contributed by atoms with Crippen LogP contribution in [-0.2, 0) is 4.74 Å². The van der Waals surface area contributed by atoms with Crippen LogP contribution in [0.2, 0.25) is 0 Å². The molecule has 0 amide bonds. The highest BCUT2D eigenvalue weighted by Gasteiger charge is 2.01. The molecule has 13 heavy (non-hydrogen) atoms. The lowest BCUT2D eigenvalue weighted by Gasteiger charge is -2.06. The van der Waals surface area contributed by atoms with Crippen molar-refractivity contribution in [1.29, 1.82) is 0 Å². The van der Waals surface area contributed by atoms with Gasteiger partial charge >= 0.3 is 0 Å². The van der Waals surface area contributed by atoms with Gasteiger partial charge in [0.15, 0.2) is 0 Å². The maximum absolute atomic E-state index is 4.97. The topological polar surface area (TPSA) is 9.23 Å². The van der Waals surface area contributed by atoms with Crippen LogP contribution in [0.4, 0.5) is 0 Å². The predicted octanol–water partition coefficient (Wildman–Crippen LogP) is 3.45. The Morgan fingerprint density at radius 1 is 1.23 bits per heavy atom. The summed E-state index contributed by atoms with van der Waals surface area (Å²) >= 11 is 1.56. The highest BCUT2D eigenvalue weighted by molar-refractivity contribution is 8.03. The van der Waals surface area contributed by atoms with Gasteiger partial charge in [-0.15, -0.1) is 0 Å². The Hall–Kier alpha value is -1.15. The summed E-state index contributed by atoms with van der Waals surface area (Å²) in [7, 11) is 1.60. The number of ether oxygens (including phenoxy) is 1. The van der Waals surface area contributed by atoms with Gasteiger partial charge in [0.1, 0.15) is 5.76 Å². The average Bonchev–Trinajstić information content (AvgIpc) is 2.18. The molecular formula is C11H12OS. The van der Waals surface area contributed by atoms with E-state index in [2.05, 4.69) is 13.2 Å². The first kappa shape index (κ1) is 9.93. The first-order chi connectivity index (χ1) is 6.24. The third kappa shape index (κ3) is 2.99. The molecule has 1 nitrogen and oxygen atoms in total. The zero-order valence-electron chi connectivity index (χ0n) is 7.62. The van der Waals surface area contributed by atoms with Crippen LogP contribution in [-0.4, -0.2) is 7.11 Å². The van der Waals surface area contributed by atoms with Gasteiger partial charge in [0.05, 0.1) is 7.11 Å². The van der Waals surface area contributed by atoms with Crippen molar-refractivity contribution >= 4 is 11.8 Å². The fraction of sp³-hybridized carbons (Fsp3) is 0.0909. The third-order valence-electron chi connectivity index (χ3n) is 1.54. The molecule has 0 aliphatic carbocycles. The van der Waals surface area contributed by atoms with Crippen LogP contribution < -0.4 is 0 Å². The zero-order chi connectivity index (χ0) is 9.68. The fourth-order valence-electron chi connectivity index (χ4n) is 0.802. The summed E-state index contributed by atoms with van der Waals surface area (Å²) < 4.78 is 4.97. The monoisotopic (exact) mass is 192 g/mol. The molecule has 2 heteroatoms. The summed E-state index contributed by atoms with van der Waals surface area (Å²) in [6.07, 6.45) is 0. The van der Waals surface area contributed by atoms with Crippen molar-refractivity contribution in [3.8, 4) is 0 Å². The van der Waals surface area contributed by atoms with E-state index in [9.17, 15) is 0 Å². The van der Waals surface area contributed by atoms with Gasteiger partial charge in [0.25, 0.3) is 0 Å². The van der Waals surface area contributed by atoms with Gasteiger partial charge in [0.2, 0.25) is 0 Å². The second-order valence-corrected chi connectivity index (χ2v) is 3.63. The largest absolute Gasteiger partial charge is 0.496 e. The van der Waals surface area contributed by atoms with E-state index in [-0.39, 0.29) is 0 Å². The van der Waals surface area contributed by atoms with Gasteiger partial charge in [-0.2, -0.15) is 0 Å². The maximum atomic E-state index is 4.97. The van der Waals surface area contributed by atoms with Crippen molar-refractivity contribution < 1.29 is 4.74 Å². The number of hydrogen-bond donors (Lipinski definition) is 0. The molecule has 0 unspecified atom stereocenters. The first-order valence-corrected chi connectivity index (χ1v) is 4.70. The van der Waals surface area contributed by atoms with Crippen molar-refractivity contribution in [2.24, 2.45) is 0 Å². The summed E-state index contributed by atoms with van der Waals surface area (Å²) in [6, 6.07) is 10.0. The summed E-state index contributed by atoms with van der Waals surface area (Å²) in [5.41, 5.74) is 0. The molecule has 1 aromatic rings. The maximum Gasteiger partial charge on any atom is 0.125 e. The van der Waals surface area contributed by atoms with Crippen molar-refractivity contribution in [3.05, 3.63) is 54.2 Å². The quantitative estimate of drug-likeness (QED) is 0.410. The minimum Gasteiger partial charge on any atom is -0.496 e. The van der Waals surface area contributed by atoms with E-state index in [0.29, 0.717) is 5.76 Å². The van der Waals surface area contributed by atoms with Crippen LogP contribution in [0.5, 0.6) is 0 Å². The van der Waals surface area contributed by atoms with Crippen LogP contribution in [0.25, 0.3) is 0 Å². The van der Waals surface area contributed by atoms with Crippen molar-refractivity contribution in [1.82, 2.24) is 0 Å². The smallest absolute Gasteiger partial charge is 0.125 e. The van der Waals surface area contributed by atoms with Crippen molar-refractivity contribution in [2.45, 2.75) is 4.90 Å². The van der Waals surface area contributed by atoms with E-state index < -0.39 is 0 Å². The van der Waals surface area contributed by atoms with Crippen LogP contribution in [0.1, 0.15) is 0 Å². The Kier molecular flexibility index (Phi) is 3.65. The molecule has 1 aromatic carbocycles. The standard InChI is InChI=1S/C11H12OS/c1-9(12-3)10(2)13-11-7-5-4-6-8-11/h4-8H,1-2H2,3H3. The highest BCUT2D eigenvalue weighted by atomic mass is 32.2. The fourth-order valence-corrected chi connectivity index (χ4v) is 1.58. The second kappa shape index (κ2) is 4.77. The Balaban J connectivity index is 2.60. The lowest BCUT2D eigenvalue weighted by Crippen LogP contribution is -1.84. The summed E-state index contributed by atoms with van der Waals surface area (Å²) in [5, 5.41) is 0. The van der Waals surface area contributed by atoms with E-state index in [0.717, 1.165) is 9.80 Å². The molecule has 0 aromatic heterocycles. The minimum absolute atomic E-state index is 0.619. The molecule has 0 spiro atoms. The average molecular weight is 192 g/mol. The SMILES string of the molecule is C=C(OC)C(=C)Sc1ccccc1. The number of hydrogen-bond acceptors (Lipinski definition) is 2. The molecule has 0 atom stereocenters. The molecule has 68 valence electrons. The molecule has 1 rings (SSSR count). The van der Waals surface area contributed by atoms with Gasteiger partial charge < -0.3 is 4.74 Å². The van der Waals surface area contributed by atoms with E-state index in [1.165, 1.54) is 0 Å².